The van der Waals surface area contributed by atoms with Crippen LogP contribution in [0.5, 0.6) is 5.88 Å². The molecule has 1 aromatic heterocycles. The molecule has 1 saturated carbocycles. The topological polar surface area (TPSA) is 85.4 Å². The number of hydrogen-bond donors (Lipinski definition) is 2. The van der Waals surface area contributed by atoms with Crippen molar-refractivity contribution in [1.82, 2.24) is 15.3 Å². The molecule has 1 aliphatic rings. The number of guanidine groups is 1. The zero-order valence-corrected chi connectivity index (χ0v) is 11.3. The van der Waals surface area contributed by atoms with Gasteiger partial charge in [0.15, 0.2) is 11.8 Å². The van der Waals surface area contributed by atoms with Crippen molar-refractivity contribution in [2.45, 2.75) is 44.7 Å². The molecule has 0 unspecified atom stereocenters. The molecular formula is C13H21N5O. The summed E-state index contributed by atoms with van der Waals surface area (Å²) in [5, 5.41) is 3.26. The molecule has 1 heterocycles. The average Bonchev–Trinajstić information content (AvgIpc) is 2.46. The fraction of sp³-hybridized carbons (Fsp3) is 0.615. The Morgan fingerprint density at radius 2 is 2.26 bits per heavy atom. The summed E-state index contributed by atoms with van der Waals surface area (Å²) in [6, 6.07) is 2.17. The lowest BCUT2D eigenvalue weighted by molar-refractivity contribution is 0.394. The quantitative estimate of drug-likeness (QED) is 0.630. The van der Waals surface area contributed by atoms with Gasteiger partial charge in [0.05, 0.1) is 7.11 Å². The second kappa shape index (κ2) is 6.92. The van der Waals surface area contributed by atoms with Crippen LogP contribution in [0.15, 0.2) is 17.3 Å². The Bertz CT molecular complexity index is 429. The van der Waals surface area contributed by atoms with E-state index in [9.17, 15) is 0 Å². The first kappa shape index (κ1) is 13.6. The van der Waals surface area contributed by atoms with Gasteiger partial charge in [-0.3, -0.25) is 0 Å². The summed E-state index contributed by atoms with van der Waals surface area (Å²) in [6.45, 7) is 0.364. The highest BCUT2D eigenvalue weighted by molar-refractivity contribution is 5.78. The van der Waals surface area contributed by atoms with Gasteiger partial charge in [-0.25, -0.2) is 9.98 Å². The maximum absolute atomic E-state index is 5.88. The number of ether oxygens (including phenoxy) is 1. The first-order valence-corrected chi connectivity index (χ1v) is 6.70. The number of nitrogens with one attached hydrogen (secondary N) is 1. The fourth-order valence-corrected chi connectivity index (χ4v) is 2.23. The van der Waals surface area contributed by atoms with Crippen LogP contribution in [0.3, 0.4) is 0 Å². The molecule has 1 aromatic rings. The molecule has 0 atom stereocenters. The summed E-state index contributed by atoms with van der Waals surface area (Å²) in [5.41, 5.74) is 5.88. The number of aliphatic imine (C=N–C) groups is 1. The Morgan fingerprint density at radius 1 is 1.47 bits per heavy atom. The normalized spacial score (nSPS) is 17.2. The number of methoxy groups -OCH3 is 1. The molecule has 104 valence electrons. The molecule has 0 saturated heterocycles. The van der Waals surface area contributed by atoms with E-state index in [1.54, 1.807) is 19.4 Å². The number of nitrogens with zero attached hydrogens (tertiary/aromatic N) is 3. The minimum atomic E-state index is 0.364. The van der Waals surface area contributed by atoms with E-state index in [1.807, 2.05) is 0 Å². The van der Waals surface area contributed by atoms with Crippen LogP contribution in [-0.4, -0.2) is 29.1 Å². The Morgan fingerprint density at radius 3 is 3.00 bits per heavy atom. The van der Waals surface area contributed by atoms with Gasteiger partial charge < -0.3 is 15.8 Å². The number of aromatic nitrogens is 2. The van der Waals surface area contributed by atoms with E-state index in [1.165, 1.54) is 32.1 Å². The van der Waals surface area contributed by atoms with Crippen molar-refractivity contribution in [3.05, 3.63) is 18.1 Å². The second-order valence-corrected chi connectivity index (χ2v) is 4.70. The van der Waals surface area contributed by atoms with Crippen LogP contribution in [0.1, 0.15) is 37.9 Å². The first-order chi connectivity index (χ1) is 9.28. The Kier molecular flexibility index (Phi) is 4.94. The van der Waals surface area contributed by atoms with Crippen LogP contribution >= 0.6 is 0 Å². The molecular weight excluding hydrogens is 242 g/mol. The molecule has 1 fully saturated rings. The number of rotatable bonds is 4. The third kappa shape index (κ3) is 4.39. The Hall–Kier alpha value is -1.85. The molecule has 0 radical (unpaired) electrons. The molecule has 19 heavy (non-hydrogen) atoms. The van der Waals surface area contributed by atoms with Crippen LogP contribution in [0.25, 0.3) is 0 Å². The Balaban J connectivity index is 1.86. The van der Waals surface area contributed by atoms with Gasteiger partial charge in [0.1, 0.15) is 6.54 Å². The van der Waals surface area contributed by atoms with Crippen molar-refractivity contribution < 1.29 is 4.74 Å². The van der Waals surface area contributed by atoms with Gasteiger partial charge in [0.25, 0.3) is 0 Å². The van der Waals surface area contributed by atoms with Crippen molar-refractivity contribution >= 4 is 5.96 Å². The lowest BCUT2D eigenvalue weighted by Gasteiger charge is -2.23. The predicted octanol–water partition coefficient (Wildman–Crippen LogP) is 1.22. The molecule has 0 aliphatic heterocycles. The summed E-state index contributed by atoms with van der Waals surface area (Å²) in [6.07, 6.45) is 7.86. The monoisotopic (exact) mass is 263 g/mol. The van der Waals surface area contributed by atoms with Crippen LogP contribution < -0.4 is 15.8 Å². The summed E-state index contributed by atoms with van der Waals surface area (Å²) in [4.78, 5) is 12.6. The van der Waals surface area contributed by atoms with E-state index in [-0.39, 0.29) is 0 Å². The third-order valence-corrected chi connectivity index (χ3v) is 3.24. The minimum Gasteiger partial charge on any atom is -0.481 e. The molecule has 0 bridgehead atoms. The van der Waals surface area contributed by atoms with E-state index in [2.05, 4.69) is 20.3 Å². The van der Waals surface area contributed by atoms with Crippen LogP contribution in [0.4, 0.5) is 0 Å². The molecule has 6 heteroatoms. The van der Waals surface area contributed by atoms with Crippen molar-refractivity contribution in [1.29, 1.82) is 0 Å². The highest BCUT2D eigenvalue weighted by atomic mass is 16.5. The summed E-state index contributed by atoms with van der Waals surface area (Å²) in [5.74, 6) is 1.62. The summed E-state index contributed by atoms with van der Waals surface area (Å²) < 4.78 is 5.04. The van der Waals surface area contributed by atoms with Gasteiger partial charge in [-0.05, 0) is 12.8 Å². The lowest BCUT2D eigenvalue weighted by Crippen LogP contribution is -2.41. The van der Waals surface area contributed by atoms with Crippen LogP contribution in [-0.2, 0) is 6.54 Å². The third-order valence-electron chi connectivity index (χ3n) is 3.24. The smallest absolute Gasteiger partial charge is 0.216 e. The molecule has 2 rings (SSSR count). The Labute approximate surface area is 113 Å². The van der Waals surface area contributed by atoms with Crippen molar-refractivity contribution in [3.63, 3.8) is 0 Å². The second-order valence-electron chi connectivity index (χ2n) is 4.70. The van der Waals surface area contributed by atoms with E-state index >= 15 is 0 Å². The van der Waals surface area contributed by atoms with Gasteiger partial charge in [-0.15, -0.1) is 0 Å². The fourth-order valence-electron chi connectivity index (χ4n) is 2.23. The van der Waals surface area contributed by atoms with E-state index in [0.717, 1.165) is 0 Å². The zero-order chi connectivity index (χ0) is 13.5. The predicted molar refractivity (Wildman–Crippen MR) is 73.9 cm³/mol. The largest absolute Gasteiger partial charge is 0.481 e. The lowest BCUT2D eigenvalue weighted by atomic mass is 9.96. The maximum Gasteiger partial charge on any atom is 0.216 e. The average molecular weight is 263 g/mol. The molecule has 0 amide bonds. The SMILES string of the molecule is COc1ccnc(CN=C(N)NC2CCCCC2)n1. The van der Waals surface area contributed by atoms with Gasteiger partial charge in [0, 0.05) is 18.3 Å². The van der Waals surface area contributed by atoms with E-state index in [0.29, 0.717) is 30.3 Å². The molecule has 3 N–H and O–H groups in total. The van der Waals surface area contributed by atoms with E-state index < -0.39 is 0 Å². The maximum atomic E-state index is 5.88. The first-order valence-electron chi connectivity index (χ1n) is 6.70. The highest BCUT2D eigenvalue weighted by Crippen LogP contribution is 2.17. The molecule has 0 aromatic carbocycles. The van der Waals surface area contributed by atoms with Crippen molar-refractivity contribution in [2.75, 3.05) is 7.11 Å². The highest BCUT2D eigenvalue weighted by Gasteiger charge is 2.13. The van der Waals surface area contributed by atoms with Crippen LogP contribution in [0.2, 0.25) is 0 Å². The molecule has 1 aliphatic carbocycles. The number of hydrogen-bond acceptors (Lipinski definition) is 4. The van der Waals surface area contributed by atoms with E-state index in [4.69, 9.17) is 10.5 Å². The van der Waals surface area contributed by atoms with Gasteiger partial charge in [0.2, 0.25) is 5.88 Å². The summed E-state index contributed by atoms with van der Waals surface area (Å²) >= 11 is 0. The molecule has 6 nitrogen and oxygen atoms in total. The standard InChI is InChI=1S/C13H21N5O/c1-19-12-7-8-15-11(18-12)9-16-13(14)17-10-5-3-2-4-6-10/h7-8,10H,2-6,9H2,1H3,(H3,14,16,17). The molecule has 0 spiro atoms. The van der Waals surface area contributed by atoms with Crippen LogP contribution in [0, 0.1) is 0 Å². The van der Waals surface area contributed by atoms with Gasteiger partial charge >= 0.3 is 0 Å². The minimum absolute atomic E-state index is 0.364. The number of nitrogens with two attached hydrogens (primary N) is 1. The van der Waals surface area contributed by atoms with Crippen molar-refractivity contribution in [2.24, 2.45) is 10.7 Å². The zero-order valence-electron chi connectivity index (χ0n) is 11.3. The van der Waals surface area contributed by atoms with Crippen molar-refractivity contribution in [3.8, 4) is 5.88 Å². The van der Waals surface area contributed by atoms with Gasteiger partial charge in [-0.1, -0.05) is 19.3 Å². The van der Waals surface area contributed by atoms with Gasteiger partial charge in [-0.2, -0.15) is 4.98 Å². The summed E-state index contributed by atoms with van der Waals surface area (Å²) in [7, 11) is 1.58.